The molecule has 0 unspecified atom stereocenters. The number of amides is 3. The molecule has 0 heterocycles. The van der Waals surface area contributed by atoms with Gasteiger partial charge in [-0.25, -0.2) is 4.79 Å². The smallest absolute Gasteiger partial charge is 0.315 e. The lowest BCUT2D eigenvalue weighted by molar-refractivity contribution is -0.195. The molecule has 0 fully saturated rings. The number of benzene rings is 2. The molecule has 2 aromatic carbocycles. The highest BCUT2D eigenvalue weighted by Gasteiger charge is 2.22. The van der Waals surface area contributed by atoms with Crippen LogP contribution in [0.2, 0.25) is 0 Å². The number of Topliss-reactive ketones (excluding diaryl/α,β-unsaturated/α-hetero) is 3. The minimum atomic E-state index is -0.836. The highest BCUT2D eigenvalue weighted by molar-refractivity contribution is 14.1. The zero-order chi connectivity index (χ0) is 31.6. The quantitative estimate of drug-likeness (QED) is 0.0502. The predicted molar refractivity (Wildman–Crippen MR) is 172 cm³/mol. The summed E-state index contributed by atoms with van der Waals surface area (Å²) in [5.74, 6) is 4.18. The number of nitrogens with two attached hydrogens (primary N) is 1. The fraction of sp³-hybridized carbons (Fsp3) is 0.433. The maximum atomic E-state index is 12.6. The van der Waals surface area contributed by atoms with Gasteiger partial charge in [0, 0.05) is 33.4 Å². The van der Waals surface area contributed by atoms with Crippen LogP contribution in [-0.2, 0) is 30.1 Å². The number of hydrogen-bond acceptors (Lipinski definition) is 9. The molecular weight excluding hydrogens is 687 g/mol. The standard InChI is InChI=1S/C30H39IN4O7S/c1-20(36)27(11-3-4-18-33-29(39)23-8-6-9-24(31)19-23)34-30(40)35-28(21(2)37)17-14-25(38)10-5-7-22-12-15-26(16-13-22)43-42-41-32/h6,8-9,12-13,15-16,19,27-28H,3-5,7,10-11,14,17-18,32H2,1-2H3,(H,33,39)(H2,34,35,40)/t27-,28-/m0/s1. The summed E-state index contributed by atoms with van der Waals surface area (Å²) in [6.07, 6.45) is 3.68. The van der Waals surface area contributed by atoms with Gasteiger partial charge in [0.2, 0.25) is 0 Å². The van der Waals surface area contributed by atoms with Crippen LogP contribution in [0.15, 0.2) is 53.4 Å². The van der Waals surface area contributed by atoms with E-state index in [-0.39, 0.29) is 36.1 Å². The van der Waals surface area contributed by atoms with E-state index >= 15 is 0 Å². The molecule has 0 saturated carbocycles. The van der Waals surface area contributed by atoms with E-state index in [4.69, 9.17) is 5.90 Å². The molecule has 3 amide bonds. The van der Waals surface area contributed by atoms with E-state index in [1.807, 2.05) is 36.4 Å². The molecule has 0 radical (unpaired) electrons. The van der Waals surface area contributed by atoms with Gasteiger partial charge in [0.25, 0.3) is 5.91 Å². The summed E-state index contributed by atoms with van der Waals surface area (Å²) >= 11 is 3.14. The van der Waals surface area contributed by atoms with E-state index in [9.17, 15) is 24.0 Å². The molecule has 234 valence electrons. The Balaban J connectivity index is 1.69. The molecule has 0 aromatic heterocycles. The molecule has 2 aromatic rings. The number of ketones is 3. The van der Waals surface area contributed by atoms with Crippen LogP contribution in [0.3, 0.4) is 0 Å². The van der Waals surface area contributed by atoms with Crippen LogP contribution in [0.1, 0.15) is 74.7 Å². The summed E-state index contributed by atoms with van der Waals surface area (Å²) in [6.45, 7) is 3.19. The van der Waals surface area contributed by atoms with Gasteiger partial charge >= 0.3 is 6.03 Å². The number of urea groups is 1. The lowest BCUT2D eigenvalue weighted by atomic mass is 10.0. The van der Waals surface area contributed by atoms with E-state index in [1.54, 1.807) is 12.1 Å². The number of nitrogens with one attached hydrogen (secondary N) is 3. The third kappa shape index (κ3) is 14.9. The third-order valence-electron chi connectivity index (χ3n) is 6.61. The Bertz CT molecular complexity index is 1230. The molecule has 0 aliphatic heterocycles. The number of unbranched alkanes of at least 4 members (excludes halogenated alkanes) is 1. The first-order valence-corrected chi connectivity index (χ1v) is 15.8. The fourth-order valence-corrected chi connectivity index (χ4v) is 5.12. The van der Waals surface area contributed by atoms with Gasteiger partial charge in [0.1, 0.15) is 5.78 Å². The average molecular weight is 727 g/mol. The molecule has 43 heavy (non-hydrogen) atoms. The Labute approximate surface area is 270 Å². The van der Waals surface area contributed by atoms with Crippen molar-refractivity contribution < 1.29 is 33.3 Å². The van der Waals surface area contributed by atoms with E-state index in [0.29, 0.717) is 50.6 Å². The predicted octanol–water partition coefficient (Wildman–Crippen LogP) is 4.61. The van der Waals surface area contributed by atoms with Crippen LogP contribution >= 0.6 is 34.6 Å². The summed E-state index contributed by atoms with van der Waals surface area (Å²) < 4.78 is 5.57. The normalized spacial score (nSPS) is 12.2. The first-order valence-electron chi connectivity index (χ1n) is 14.0. The molecule has 2 atom stereocenters. The van der Waals surface area contributed by atoms with Crippen molar-refractivity contribution in [3.8, 4) is 0 Å². The molecule has 0 bridgehead atoms. The summed E-state index contributed by atoms with van der Waals surface area (Å²) in [5.41, 5.74) is 1.65. The Morgan fingerprint density at radius 3 is 2.19 bits per heavy atom. The number of halogens is 1. The molecule has 2 rings (SSSR count). The summed E-state index contributed by atoms with van der Waals surface area (Å²) in [7, 11) is 0. The lowest BCUT2D eigenvalue weighted by Crippen LogP contribution is -2.50. The second-order valence-electron chi connectivity index (χ2n) is 10.0. The molecule has 13 heteroatoms. The molecule has 0 saturated heterocycles. The van der Waals surface area contributed by atoms with Crippen molar-refractivity contribution in [1.29, 1.82) is 0 Å². The van der Waals surface area contributed by atoms with Crippen molar-refractivity contribution in [1.82, 2.24) is 16.0 Å². The molecule has 0 aliphatic carbocycles. The van der Waals surface area contributed by atoms with Gasteiger partial charge in [0.15, 0.2) is 11.6 Å². The molecule has 0 spiro atoms. The van der Waals surface area contributed by atoms with Crippen molar-refractivity contribution in [2.45, 2.75) is 82.2 Å². The number of aryl methyl sites for hydroxylation is 1. The van der Waals surface area contributed by atoms with Crippen LogP contribution in [0.5, 0.6) is 0 Å². The Hall–Kier alpha value is -2.85. The first-order chi connectivity index (χ1) is 20.6. The Morgan fingerprint density at radius 2 is 1.56 bits per heavy atom. The van der Waals surface area contributed by atoms with Gasteiger partial charge < -0.3 is 16.0 Å². The lowest BCUT2D eigenvalue weighted by Gasteiger charge is -2.20. The highest BCUT2D eigenvalue weighted by atomic mass is 127. The maximum absolute atomic E-state index is 12.6. The number of carbonyl (C=O) groups excluding carboxylic acids is 5. The van der Waals surface area contributed by atoms with E-state index in [2.05, 4.69) is 47.9 Å². The van der Waals surface area contributed by atoms with Crippen LogP contribution in [0.4, 0.5) is 4.79 Å². The van der Waals surface area contributed by atoms with Crippen molar-refractivity contribution in [3.05, 3.63) is 63.2 Å². The SMILES string of the molecule is CC(=O)[C@H](CCCCNC(=O)c1cccc(I)c1)NC(=O)N[C@@H](CCC(=O)CCCc1ccc(SOON)cc1)C(C)=O. The maximum Gasteiger partial charge on any atom is 0.315 e. The Kier molecular flexibility index (Phi) is 17.0. The minimum Gasteiger partial charge on any atom is -0.352 e. The van der Waals surface area contributed by atoms with Gasteiger partial charge in [-0.05, 0) is 111 Å². The number of rotatable bonds is 20. The zero-order valence-electron chi connectivity index (χ0n) is 24.4. The van der Waals surface area contributed by atoms with Crippen molar-refractivity contribution in [3.63, 3.8) is 0 Å². The second kappa shape index (κ2) is 20.2. The Morgan fingerprint density at radius 1 is 0.884 bits per heavy atom. The highest BCUT2D eigenvalue weighted by Crippen LogP contribution is 2.20. The second-order valence-corrected chi connectivity index (χ2v) is 12.0. The van der Waals surface area contributed by atoms with Crippen molar-refractivity contribution >= 4 is 63.9 Å². The monoisotopic (exact) mass is 726 g/mol. The molecular formula is C30H39IN4O7S. The number of hydrogen-bond donors (Lipinski definition) is 4. The van der Waals surface area contributed by atoms with Crippen molar-refractivity contribution in [2.24, 2.45) is 5.90 Å². The summed E-state index contributed by atoms with van der Waals surface area (Å²) in [6, 6.07) is 12.7. The molecule has 5 N–H and O–H groups in total. The van der Waals surface area contributed by atoms with Gasteiger partial charge in [-0.1, -0.05) is 18.2 Å². The largest absolute Gasteiger partial charge is 0.352 e. The fourth-order valence-electron chi connectivity index (χ4n) is 4.21. The van der Waals surface area contributed by atoms with Crippen LogP contribution in [0.25, 0.3) is 0 Å². The van der Waals surface area contributed by atoms with Gasteiger partial charge in [-0.3, -0.25) is 19.2 Å². The molecule has 0 aliphatic rings. The summed E-state index contributed by atoms with van der Waals surface area (Å²) in [5, 5.41) is 8.11. The average Bonchev–Trinajstić information content (AvgIpc) is 2.97. The van der Waals surface area contributed by atoms with Crippen molar-refractivity contribution in [2.75, 3.05) is 6.54 Å². The van der Waals surface area contributed by atoms with E-state index in [1.165, 1.54) is 13.8 Å². The first kappa shape index (κ1) is 36.3. The topological polar surface area (TPSA) is 166 Å². The molecule has 11 nitrogen and oxygen atoms in total. The number of carbonyl (C=O) groups is 5. The van der Waals surface area contributed by atoms with Crippen LogP contribution < -0.4 is 21.8 Å². The summed E-state index contributed by atoms with van der Waals surface area (Å²) in [4.78, 5) is 66.4. The van der Waals surface area contributed by atoms with E-state index < -0.39 is 18.1 Å². The van der Waals surface area contributed by atoms with Gasteiger partial charge in [-0.15, -0.1) is 9.32 Å². The third-order valence-corrected chi connectivity index (χ3v) is 7.89. The van der Waals surface area contributed by atoms with E-state index in [0.717, 1.165) is 26.1 Å². The van der Waals surface area contributed by atoms with Crippen LogP contribution in [-0.4, -0.2) is 47.9 Å². The van der Waals surface area contributed by atoms with Crippen LogP contribution in [0, 0.1) is 3.57 Å². The van der Waals surface area contributed by atoms with Gasteiger partial charge in [-0.2, -0.15) is 5.90 Å². The minimum absolute atomic E-state index is 0.00447. The zero-order valence-corrected chi connectivity index (χ0v) is 27.3. The van der Waals surface area contributed by atoms with Gasteiger partial charge in [0.05, 0.1) is 24.1 Å².